The Hall–Kier alpha value is -1.43. The topological polar surface area (TPSA) is 50.1 Å². The smallest absolute Gasteiger partial charge is 0.132 e. The zero-order valence-electron chi connectivity index (χ0n) is 12.8. The SMILES string of the molecule is Cc1nn(Cc2ccc(F)cc2)c(Cl)c1CNC(C)CCO. The average molecular weight is 326 g/mol. The van der Waals surface area contributed by atoms with E-state index in [0.717, 1.165) is 16.8 Å². The minimum Gasteiger partial charge on any atom is -0.396 e. The molecule has 4 nitrogen and oxygen atoms in total. The highest BCUT2D eigenvalue weighted by Gasteiger charge is 2.14. The van der Waals surface area contributed by atoms with Crippen LogP contribution in [-0.4, -0.2) is 27.5 Å². The molecule has 120 valence electrons. The number of aliphatic hydroxyl groups is 1. The molecule has 0 saturated heterocycles. The molecule has 0 aliphatic carbocycles. The Morgan fingerprint density at radius 2 is 2.05 bits per heavy atom. The first-order valence-corrected chi connectivity index (χ1v) is 7.69. The molecule has 1 unspecified atom stereocenters. The molecule has 22 heavy (non-hydrogen) atoms. The number of aromatic nitrogens is 2. The second kappa shape index (κ2) is 7.72. The van der Waals surface area contributed by atoms with E-state index in [9.17, 15) is 4.39 Å². The van der Waals surface area contributed by atoms with E-state index in [4.69, 9.17) is 16.7 Å². The van der Waals surface area contributed by atoms with Gasteiger partial charge in [0.15, 0.2) is 0 Å². The fraction of sp³-hybridized carbons (Fsp3) is 0.438. The molecule has 0 spiro atoms. The van der Waals surface area contributed by atoms with Crippen molar-refractivity contribution in [2.45, 2.75) is 39.4 Å². The van der Waals surface area contributed by atoms with Crippen LogP contribution in [0, 0.1) is 12.7 Å². The Morgan fingerprint density at radius 3 is 2.68 bits per heavy atom. The lowest BCUT2D eigenvalue weighted by Gasteiger charge is -2.12. The average Bonchev–Trinajstić information content (AvgIpc) is 2.74. The van der Waals surface area contributed by atoms with Gasteiger partial charge in [0.2, 0.25) is 0 Å². The summed E-state index contributed by atoms with van der Waals surface area (Å²) in [6.45, 7) is 5.20. The van der Waals surface area contributed by atoms with Gasteiger partial charge < -0.3 is 10.4 Å². The summed E-state index contributed by atoms with van der Waals surface area (Å²) in [5.74, 6) is -0.255. The lowest BCUT2D eigenvalue weighted by Crippen LogP contribution is -2.26. The van der Waals surface area contributed by atoms with Crippen LogP contribution in [-0.2, 0) is 13.1 Å². The summed E-state index contributed by atoms with van der Waals surface area (Å²) < 4.78 is 14.7. The molecule has 1 aromatic heterocycles. The zero-order valence-corrected chi connectivity index (χ0v) is 13.6. The fourth-order valence-electron chi connectivity index (χ4n) is 2.23. The molecule has 1 aromatic carbocycles. The van der Waals surface area contributed by atoms with E-state index in [2.05, 4.69) is 10.4 Å². The van der Waals surface area contributed by atoms with Crippen molar-refractivity contribution in [3.63, 3.8) is 0 Å². The molecule has 2 aromatic rings. The van der Waals surface area contributed by atoms with Gasteiger partial charge in [-0.2, -0.15) is 5.10 Å². The van der Waals surface area contributed by atoms with Crippen molar-refractivity contribution in [1.82, 2.24) is 15.1 Å². The number of nitrogens with one attached hydrogen (secondary N) is 1. The number of aliphatic hydroxyl groups excluding tert-OH is 1. The van der Waals surface area contributed by atoms with E-state index < -0.39 is 0 Å². The lowest BCUT2D eigenvalue weighted by atomic mass is 10.2. The van der Waals surface area contributed by atoms with Gasteiger partial charge in [-0.3, -0.25) is 0 Å². The van der Waals surface area contributed by atoms with Crippen LogP contribution in [0.15, 0.2) is 24.3 Å². The summed E-state index contributed by atoms with van der Waals surface area (Å²) in [5, 5.41) is 17.3. The van der Waals surface area contributed by atoms with Crippen molar-refractivity contribution < 1.29 is 9.50 Å². The van der Waals surface area contributed by atoms with E-state index >= 15 is 0 Å². The molecule has 0 aliphatic heterocycles. The molecule has 0 saturated carbocycles. The third kappa shape index (κ3) is 4.29. The molecule has 1 heterocycles. The second-order valence-electron chi connectivity index (χ2n) is 5.43. The predicted molar refractivity (Wildman–Crippen MR) is 85.5 cm³/mol. The molecular weight excluding hydrogens is 305 g/mol. The molecule has 0 bridgehead atoms. The van der Waals surface area contributed by atoms with Crippen molar-refractivity contribution in [3.05, 3.63) is 52.1 Å². The number of benzene rings is 1. The first-order valence-electron chi connectivity index (χ1n) is 7.31. The van der Waals surface area contributed by atoms with Crippen LogP contribution in [0.25, 0.3) is 0 Å². The highest BCUT2D eigenvalue weighted by Crippen LogP contribution is 2.21. The van der Waals surface area contributed by atoms with Gasteiger partial charge in [0.25, 0.3) is 0 Å². The summed E-state index contributed by atoms with van der Waals surface area (Å²) in [5.41, 5.74) is 2.77. The molecule has 6 heteroatoms. The Labute approximate surface area is 134 Å². The van der Waals surface area contributed by atoms with Crippen molar-refractivity contribution in [3.8, 4) is 0 Å². The van der Waals surface area contributed by atoms with Gasteiger partial charge >= 0.3 is 0 Å². The van der Waals surface area contributed by atoms with Gasteiger partial charge in [0.05, 0.1) is 12.2 Å². The predicted octanol–water partition coefficient (Wildman–Crippen LogP) is 2.89. The highest BCUT2D eigenvalue weighted by molar-refractivity contribution is 6.30. The Morgan fingerprint density at radius 1 is 1.36 bits per heavy atom. The Bertz CT molecular complexity index is 613. The zero-order chi connectivity index (χ0) is 16.1. The number of halogens is 2. The monoisotopic (exact) mass is 325 g/mol. The largest absolute Gasteiger partial charge is 0.396 e. The Kier molecular flexibility index (Phi) is 5.94. The number of hydrogen-bond donors (Lipinski definition) is 2. The van der Waals surface area contributed by atoms with Crippen LogP contribution < -0.4 is 5.32 Å². The molecule has 0 radical (unpaired) electrons. The minimum absolute atomic E-state index is 0.157. The lowest BCUT2D eigenvalue weighted by molar-refractivity contribution is 0.268. The van der Waals surface area contributed by atoms with Crippen LogP contribution in [0.3, 0.4) is 0 Å². The first kappa shape index (κ1) is 16.9. The van der Waals surface area contributed by atoms with Gasteiger partial charge in [0.1, 0.15) is 11.0 Å². The number of aryl methyl sites for hydroxylation is 1. The van der Waals surface area contributed by atoms with Crippen molar-refractivity contribution in [1.29, 1.82) is 0 Å². The van der Waals surface area contributed by atoms with Crippen molar-refractivity contribution in [2.75, 3.05) is 6.61 Å². The quantitative estimate of drug-likeness (QED) is 0.823. The van der Waals surface area contributed by atoms with Crippen LogP contribution in [0.4, 0.5) is 4.39 Å². The molecule has 0 aliphatic rings. The van der Waals surface area contributed by atoms with Gasteiger partial charge in [-0.15, -0.1) is 0 Å². The Balaban J connectivity index is 2.07. The summed E-state index contributed by atoms with van der Waals surface area (Å²) in [6.07, 6.45) is 0.695. The van der Waals surface area contributed by atoms with Gasteiger partial charge in [0, 0.05) is 24.8 Å². The van der Waals surface area contributed by atoms with E-state index in [1.165, 1.54) is 12.1 Å². The number of hydrogen-bond acceptors (Lipinski definition) is 3. The van der Waals surface area contributed by atoms with Crippen LogP contribution in [0.2, 0.25) is 5.15 Å². The molecule has 0 amide bonds. The fourth-order valence-corrected chi connectivity index (χ4v) is 2.53. The third-order valence-corrected chi connectivity index (χ3v) is 4.04. The standard InChI is InChI=1S/C16H21ClFN3O/c1-11(7-8-22)19-9-15-12(2)20-21(16(15)17)10-13-3-5-14(18)6-4-13/h3-6,11,19,22H,7-10H2,1-2H3. The molecular formula is C16H21ClFN3O. The minimum atomic E-state index is -0.255. The van der Waals surface area contributed by atoms with E-state index in [0.29, 0.717) is 24.7 Å². The summed E-state index contributed by atoms with van der Waals surface area (Å²) in [4.78, 5) is 0. The molecule has 2 rings (SSSR count). The van der Waals surface area contributed by atoms with Crippen LogP contribution in [0.5, 0.6) is 0 Å². The second-order valence-corrected chi connectivity index (χ2v) is 5.79. The third-order valence-electron chi connectivity index (χ3n) is 3.62. The van der Waals surface area contributed by atoms with Crippen molar-refractivity contribution >= 4 is 11.6 Å². The highest BCUT2D eigenvalue weighted by atomic mass is 35.5. The van der Waals surface area contributed by atoms with Gasteiger partial charge in [-0.05, 0) is 38.0 Å². The van der Waals surface area contributed by atoms with E-state index in [1.807, 2.05) is 13.8 Å². The number of rotatable bonds is 7. The molecule has 1 atom stereocenters. The summed E-state index contributed by atoms with van der Waals surface area (Å²) in [6, 6.07) is 6.52. The van der Waals surface area contributed by atoms with E-state index in [-0.39, 0.29) is 18.5 Å². The molecule has 0 fully saturated rings. The summed E-state index contributed by atoms with van der Waals surface area (Å²) in [7, 11) is 0. The maximum Gasteiger partial charge on any atom is 0.132 e. The maximum absolute atomic E-state index is 12.9. The van der Waals surface area contributed by atoms with Crippen molar-refractivity contribution in [2.24, 2.45) is 0 Å². The van der Waals surface area contributed by atoms with Gasteiger partial charge in [-0.25, -0.2) is 9.07 Å². The van der Waals surface area contributed by atoms with E-state index in [1.54, 1.807) is 16.8 Å². The van der Waals surface area contributed by atoms with Gasteiger partial charge in [-0.1, -0.05) is 23.7 Å². The first-order chi connectivity index (χ1) is 10.5. The maximum atomic E-state index is 12.9. The molecule has 2 N–H and O–H groups in total. The van der Waals surface area contributed by atoms with Crippen LogP contribution in [0.1, 0.15) is 30.2 Å². The number of nitrogens with zero attached hydrogens (tertiary/aromatic N) is 2. The normalized spacial score (nSPS) is 12.6. The summed E-state index contributed by atoms with van der Waals surface area (Å²) >= 11 is 6.41. The van der Waals surface area contributed by atoms with Crippen LogP contribution >= 0.6 is 11.6 Å².